The third-order valence-electron chi connectivity index (χ3n) is 1.45. The van der Waals surface area contributed by atoms with Crippen molar-refractivity contribution in [3.63, 3.8) is 0 Å². The molecule has 0 amide bonds. The number of hydrogen-bond acceptors (Lipinski definition) is 3. The molecule has 1 aliphatic heterocycles. The van der Waals surface area contributed by atoms with Crippen molar-refractivity contribution in [2.24, 2.45) is 0 Å². The van der Waals surface area contributed by atoms with Crippen LogP contribution in [0.1, 0.15) is 12.1 Å². The highest BCUT2D eigenvalue weighted by molar-refractivity contribution is 6.28. The Labute approximate surface area is 68.8 Å². The first kappa shape index (κ1) is 7.16. The fourth-order valence-electron chi connectivity index (χ4n) is 0.978. The lowest BCUT2D eigenvalue weighted by molar-refractivity contribution is -0.0588. The van der Waals surface area contributed by atoms with Gasteiger partial charge in [0, 0.05) is 0 Å². The molecule has 1 aliphatic rings. The maximum absolute atomic E-state index is 5.56. The summed E-state index contributed by atoms with van der Waals surface area (Å²) < 4.78 is 15.4. The van der Waals surface area contributed by atoms with E-state index in [9.17, 15) is 0 Å². The van der Waals surface area contributed by atoms with E-state index in [1.54, 1.807) is 12.1 Å². The molecule has 4 heteroatoms. The molecule has 0 bridgehead atoms. The number of hydrogen-bond donors (Lipinski definition) is 0. The molecule has 1 fully saturated rings. The molecule has 0 saturated carbocycles. The monoisotopic (exact) mass is 174 g/mol. The largest absolute Gasteiger partial charge is 0.444 e. The van der Waals surface area contributed by atoms with E-state index < -0.39 is 0 Å². The van der Waals surface area contributed by atoms with Crippen LogP contribution in [-0.2, 0) is 9.47 Å². The van der Waals surface area contributed by atoms with Gasteiger partial charge in [0.1, 0.15) is 0 Å². The summed E-state index contributed by atoms with van der Waals surface area (Å²) >= 11 is 5.56. The third-order valence-corrected chi connectivity index (χ3v) is 1.65. The molecule has 1 saturated heterocycles. The Morgan fingerprint density at radius 3 is 2.55 bits per heavy atom. The average molecular weight is 175 g/mol. The minimum Gasteiger partial charge on any atom is -0.444 e. The molecule has 0 spiro atoms. The summed E-state index contributed by atoms with van der Waals surface area (Å²) in [5.41, 5.74) is 0. The van der Waals surface area contributed by atoms with Crippen LogP contribution in [0.25, 0.3) is 0 Å². The van der Waals surface area contributed by atoms with Gasteiger partial charge in [0.25, 0.3) is 0 Å². The summed E-state index contributed by atoms with van der Waals surface area (Å²) in [6.07, 6.45) is -0.359. The van der Waals surface area contributed by atoms with Gasteiger partial charge in [0.15, 0.2) is 11.0 Å². The van der Waals surface area contributed by atoms with Gasteiger partial charge in [-0.1, -0.05) is 0 Å². The summed E-state index contributed by atoms with van der Waals surface area (Å²) in [4.78, 5) is 0. The zero-order chi connectivity index (χ0) is 7.68. The van der Waals surface area contributed by atoms with Crippen LogP contribution in [0.5, 0.6) is 0 Å². The Kier molecular flexibility index (Phi) is 1.85. The van der Waals surface area contributed by atoms with Gasteiger partial charge in [-0.05, 0) is 23.7 Å². The smallest absolute Gasteiger partial charge is 0.217 e. The highest BCUT2D eigenvalue weighted by Gasteiger charge is 2.21. The van der Waals surface area contributed by atoms with Gasteiger partial charge in [-0.25, -0.2) is 0 Å². The van der Waals surface area contributed by atoms with Gasteiger partial charge < -0.3 is 13.9 Å². The quantitative estimate of drug-likeness (QED) is 0.653. The predicted octanol–water partition coefficient (Wildman–Crippen LogP) is 1.98. The summed E-state index contributed by atoms with van der Waals surface area (Å²) in [5, 5.41) is 0.360. The first-order valence-corrected chi connectivity index (χ1v) is 3.72. The van der Waals surface area contributed by atoms with Crippen LogP contribution in [0.3, 0.4) is 0 Å². The van der Waals surface area contributed by atoms with E-state index in [4.69, 9.17) is 25.5 Å². The molecular weight excluding hydrogens is 168 g/mol. The van der Waals surface area contributed by atoms with Crippen LogP contribution < -0.4 is 0 Å². The van der Waals surface area contributed by atoms with E-state index >= 15 is 0 Å². The highest BCUT2D eigenvalue weighted by atomic mass is 35.5. The van der Waals surface area contributed by atoms with E-state index in [2.05, 4.69) is 0 Å². The van der Waals surface area contributed by atoms with Gasteiger partial charge in [-0.15, -0.1) is 0 Å². The number of ether oxygens (including phenoxy) is 2. The molecule has 60 valence electrons. The van der Waals surface area contributed by atoms with Crippen LogP contribution in [-0.4, -0.2) is 13.2 Å². The summed E-state index contributed by atoms with van der Waals surface area (Å²) in [6.45, 7) is 1.23. The Morgan fingerprint density at radius 2 is 2.00 bits per heavy atom. The fraction of sp³-hybridized carbons (Fsp3) is 0.429. The molecule has 0 N–H and O–H groups in total. The Hall–Kier alpha value is -0.510. The van der Waals surface area contributed by atoms with E-state index in [1.165, 1.54) is 0 Å². The van der Waals surface area contributed by atoms with Crippen LogP contribution in [0, 0.1) is 0 Å². The van der Waals surface area contributed by atoms with Gasteiger partial charge >= 0.3 is 0 Å². The lowest BCUT2D eigenvalue weighted by Crippen LogP contribution is -1.94. The zero-order valence-electron chi connectivity index (χ0n) is 5.75. The number of halogens is 1. The van der Waals surface area contributed by atoms with E-state index in [-0.39, 0.29) is 6.29 Å². The Balaban J connectivity index is 2.15. The molecule has 0 unspecified atom stereocenters. The van der Waals surface area contributed by atoms with Crippen LogP contribution in [0.2, 0.25) is 5.22 Å². The van der Waals surface area contributed by atoms with Gasteiger partial charge in [-0.2, -0.15) is 0 Å². The second-order valence-corrected chi connectivity index (χ2v) is 2.59. The lowest BCUT2D eigenvalue weighted by atomic mass is 10.4. The van der Waals surface area contributed by atoms with Crippen LogP contribution in [0.15, 0.2) is 16.5 Å². The van der Waals surface area contributed by atoms with Crippen molar-refractivity contribution in [3.8, 4) is 0 Å². The summed E-state index contributed by atoms with van der Waals surface area (Å²) in [6, 6.07) is 3.42. The van der Waals surface area contributed by atoms with Crippen molar-refractivity contribution < 1.29 is 13.9 Å². The minimum absolute atomic E-state index is 0.359. The number of furan rings is 1. The summed E-state index contributed by atoms with van der Waals surface area (Å²) in [5.74, 6) is 0.632. The third kappa shape index (κ3) is 1.40. The molecular formula is C7H7ClO3. The molecule has 0 aliphatic carbocycles. The Morgan fingerprint density at radius 1 is 1.27 bits per heavy atom. The molecule has 2 rings (SSSR count). The highest BCUT2D eigenvalue weighted by Crippen LogP contribution is 2.26. The molecule has 0 aromatic carbocycles. The molecule has 11 heavy (non-hydrogen) atoms. The fourth-order valence-corrected chi connectivity index (χ4v) is 1.13. The van der Waals surface area contributed by atoms with E-state index in [1.807, 2.05) is 0 Å². The van der Waals surface area contributed by atoms with Crippen molar-refractivity contribution >= 4 is 11.6 Å². The molecule has 0 atom stereocenters. The SMILES string of the molecule is Clc1ccc(C2OCCO2)o1. The van der Waals surface area contributed by atoms with Crippen molar-refractivity contribution in [2.45, 2.75) is 6.29 Å². The summed E-state index contributed by atoms with van der Waals surface area (Å²) in [7, 11) is 0. The Bertz CT molecular complexity index is 240. The molecule has 1 aromatic rings. The molecule has 0 radical (unpaired) electrons. The van der Waals surface area contributed by atoms with Gasteiger partial charge in [0.2, 0.25) is 6.29 Å². The van der Waals surface area contributed by atoms with E-state index in [0.717, 1.165) is 0 Å². The zero-order valence-corrected chi connectivity index (χ0v) is 6.50. The molecule has 1 aromatic heterocycles. The van der Waals surface area contributed by atoms with E-state index in [0.29, 0.717) is 24.2 Å². The molecule has 2 heterocycles. The predicted molar refractivity (Wildman–Crippen MR) is 38.4 cm³/mol. The second-order valence-electron chi connectivity index (χ2n) is 2.22. The minimum atomic E-state index is -0.359. The maximum Gasteiger partial charge on any atom is 0.217 e. The average Bonchev–Trinajstić information content (AvgIpc) is 2.55. The first-order chi connectivity index (χ1) is 5.36. The van der Waals surface area contributed by atoms with Crippen molar-refractivity contribution in [1.29, 1.82) is 0 Å². The second kappa shape index (κ2) is 2.85. The standard InChI is InChI=1S/C7H7ClO3/c8-6-2-1-5(11-6)7-9-3-4-10-7/h1-2,7H,3-4H2. The van der Waals surface area contributed by atoms with Crippen molar-refractivity contribution in [3.05, 3.63) is 23.1 Å². The first-order valence-electron chi connectivity index (χ1n) is 3.35. The van der Waals surface area contributed by atoms with Gasteiger partial charge in [0.05, 0.1) is 13.2 Å². The lowest BCUT2D eigenvalue weighted by Gasteiger charge is -2.03. The molecule has 3 nitrogen and oxygen atoms in total. The van der Waals surface area contributed by atoms with Crippen molar-refractivity contribution in [1.82, 2.24) is 0 Å². The normalized spacial score (nSPS) is 19.4. The van der Waals surface area contributed by atoms with Gasteiger partial charge in [-0.3, -0.25) is 0 Å². The number of rotatable bonds is 1. The van der Waals surface area contributed by atoms with Crippen LogP contribution in [0.4, 0.5) is 0 Å². The van der Waals surface area contributed by atoms with Crippen molar-refractivity contribution in [2.75, 3.05) is 13.2 Å². The topological polar surface area (TPSA) is 31.6 Å². The van der Waals surface area contributed by atoms with Crippen LogP contribution >= 0.6 is 11.6 Å². The maximum atomic E-state index is 5.56.